The fourth-order valence-corrected chi connectivity index (χ4v) is 3.78. The van der Waals surface area contributed by atoms with Crippen LogP contribution < -0.4 is 10.9 Å². The summed E-state index contributed by atoms with van der Waals surface area (Å²) in [6.07, 6.45) is 2.44. The van der Waals surface area contributed by atoms with Crippen LogP contribution in [0.3, 0.4) is 0 Å². The highest BCUT2D eigenvalue weighted by Crippen LogP contribution is 2.37. The van der Waals surface area contributed by atoms with Gasteiger partial charge in [-0.05, 0) is 48.7 Å². The Labute approximate surface area is 152 Å². The molecule has 5 nitrogen and oxygen atoms in total. The smallest absolute Gasteiger partial charge is 0.260 e. The quantitative estimate of drug-likeness (QED) is 0.788. The van der Waals surface area contributed by atoms with Gasteiger partial charge in [0.05, 0.1) is 29.4 Å². The van der Waals surface area contributed by atoms with Gasteiger partial charge in [-0.1, -0.05) is 18.2 Å². The lowest BCUT2D eigenvalue weighted by Gasteiger charge is -2.32. The predicted molar refractivity (Wildman–Crippen MR) is 104 cm³/mol. The summed E-state index contributed by atoms with van der Waals surface area (Å²) in [6, 6.07) is 12.2. The maximum atomic E-state index is 12.4. The van der Waals surface area contributed by atoms with E-state index in [1.807, 2.05) is 18.2 Å². The molecule has 1 aliphatic heterocycles. The molecule has 2 aromatic carbocycles. The molecule has 0 aliphatic carbocycles. The Hall–Kier alpha value is -2.66. The van der Waals surface area contributed by atoms with E-state index in [1.165, 1.54) is 21.3 Å². The Balaban J connectivity index is 1.80. The van der Waals surface area contributed by atoms with Crippen molar-refractivity contribution in [1.29, 1.82) is 0 Å². The molecule has 1 aliphatic rings. The third-order valence-electron chi connectivity index (χ3n) is 5.44. The fourth-order valence-electron chi connectivity index (χ4n) is 3.78. The maximum Gasteiger partial charge on any atom is 0.260 e. The Morgan fingerprint density at radius 1 is 1.23 bits per heavy atom. The molecule has 1 aromatic heterocycles. The summed E-state index contributed by atoms with van der Waals surface area (Å²) in [5, 5.41) is 4.30. The molecule has 1 unspecified atom stereocenters. The van der Waals surface area contributed by atoms with E-state index in [-0.39, 0.29) is 11.1 Å². The highest BCUT2D eigenvalue weighted by atomic mass is 16.5. The SMILES string of the molecule is Cc1cccc(C2(Nc3ccc4ncn(C)c(=O)c4c3)CCOC2)c1C. The molecule has 1 fully saturated rings. The van der Waals surface area contributed by atoms with Gasteiger partial charge in [-0.15, -0.1) is 0 Å². The lowest BCUT2D eigenvalue weighted by molar-refractivity contribution is 0.182. The standard InChI is InChI=1S/C21H23N3O2/c1-14-5-4-6-18(15(14)2)21(9-10-26-12-21)23-16-7-8-19-17(11-16)20(25)24(3)13-22-19/h4-8,11,13,23H,9-10,12H2,1-3H3. The van der Waals surface area contributed by atoms with E-state index < -0.39 is 0 Å². The summed E-state index contributed by atoms with van der Waals surface area (Å²) in [7, 11) is 1.72. The molecule has 0 radical (unpaired) electrons. The third kappa shape index (κ3) is 2.69. The second-order valence-electron chi connectivity index (χ2n) is 7.15. The highest BCUT2D eigenvalue weighted by Gasteiger charge is 2.38. The van der Waals surface area contributed by atoms with Crippen molar-refractivity contribution in [3.63, 3.8) is 0 Å². The van der Waals surface area contributed by atoms with Crippen LogP contribution in [-0.4, -0.2) is 22.8 Å². The van der Waals surface area contributed by atoms with Crippen LogP contribution >= 0.6 is 0 Å². The van der Waals surface area contributed by atoms with Crippen molar-refractivity contribution in [1.82, 2.24) is 9.55 Å². The fraction of sp³-hybridized carbons (Fsp3) is 0.333. The predicted octanol–water partition coefficient (Wildman–Crippen LogP) is 3.28. The van der Waals surface area contributed by atoms with Crippen molar-refractivity contribution < 1.29 is 4.74 Å². The zero-order valence-electron chi connectivity index (χ0n) is 15.4. The normalized spacial score (nSPS) is 19.8. The summed E-state index contributed by atoms with van der Waals surface area (Å²) >= 11 is 0. The van der Waals surface area contributed by atoms with E-state index in [4.69, 9.17) is 4.74 Å². The number of rotatable bonds is 3. The first kappa shape index (κ1) is 16.8. The van der Waals surface area contributed by atoms with Crippen LogP contribution in [0.4, 0.5) is 5.69 Å². The van der Waals surface area contributed by atoms with Gasteiger partial charge in [-0.3, -0.25) is 4.79 Å². The Bertz CT molecular complexity index is 1030. The number of aryl methyl sites for hydroxylation is 2. The van der Waals surface area contributed by atoms with E-state index in [9.17, 15) is 4.79 Å². The summed E-state index contributed by atoms with van der Waals surface area (Å²) in [5.41, 5.74) is 5.11. The molecule has 0 saturated carbocycles. The molecule has 134 valence electrons. The van der Waals surface area contributed by atoms with Crippen LogP contribution in [0.25, 0.3) is 10.9 Å². The maximum absolute atomic E-state index is 12.4. The van der Waals surface area contributed by atoms with Gasteiger partial charge in [0.1, 0.15) is 0 Å². The first-order valence-electron chi connectivity index (χ1n) is 8.88. The van der Waals surface area contributed by atoms with Gasteiger partial charge in [0, 0.05) is 25.8 Å². The van der Waals surface area contributed by atoms with Gasteiger partial charge in [0.15, 0.2) is 0 Å². The molecule has 3 aromatic rings. The van der Waals surface area contributed by atoms with Gasteiger partial charge in [-0.25, -0.2) is 4.98 Å². The lowest BCUT2D eigenvalue weighted by Crippen LogP contribution is -2.36. The number of hydrogen-bond donors (Lipinski definition) is 1. The molecule has 1 atom stereocenters. The van der Waals surface area contributed by atoms with E-state index >= 15 is 0 Å². The summed E-state index contributed by atoms with van der Waals surface area (Å²) < 4.78 is 7.28. The van der Waals surface area contributed by atoms with Crippen LogP contribution in [0.5, 0.6) is 0 Å². The number of anilines is 1. The van der Waals surface area contributed by atoms with Crippen molar-refractivity contribution in [2.75, 3.05) is 18.5 Å². The lowest BCUT2D eigenvalue weighted by atomic mass is 9.84. The zero-order chi connectivity index (χ0) is 18.3. The van der Waals surface area contributed by atoms with E-state index in [1.54, 1.807) is 13.4 Å². The number of fused-ring (bicyclic) bond motifs is 1. The molecular weight excluding hydrogens is 326 g/mol. The van der Waals surface area contributed by atoms with Crippen LogP contribution in [0.2, 0.25) is 0 Å². The number of nitrogens with zero attached hydrogens (tertiary/aromatic N) is 2. The van der Waals surface area contributed by atoms with Crippen molar-refractivity contribution in [3.8, 4) is 0 Å². The molecule has 0 spiro atoms. The van der Waals surface area contributed by atoms with Crippen LogP contribution in [-0.2, 0) is 17.3 Å². The van der Waals surface area contributed by atoms with E-state index in [0.29, 0.717) is 17.5 Å². The van der Waals surface area contributed by atoms with Crippen LogP contribution in [0.15, 0.2) is 47.5 Å². The minimum absolute atomic E-state index is 0.0397. The molecule has 4 rings (SSSR count). The van der Waals surface area contributed by atoms with Crippen molar-refractivity contribution in [2.24, 2.45) is 7.05 Å². The highest BCUT2D eigenvalue weighted by molar-refractivity contribution is 5.81. The zero-order valence-corrected chi connectivity index (χ0v) is 15.4. The van der Waals surface area contributed by atoms with Gasteiger partial charge >= 0.3 is 0 Å². The van der Waals surface area contributed by atoms with Gasteiger partial charge in [0.25, 0.3) is 5.56 Å². The largest absolute Gasteiger partial charge is 0.379 e. The summed E-state index contributed by atoms with van der Waals surface area (Å²) in [4.78, 5) is 16.8. The van der Waals surface area contributed by atoms with E-state index in [0.717, 1.165) is 18.7 Å². The average molecular weight is 349 g/mol. The number of ether oxygens (including phenoxy) is 1. The summed E-state index contributed by atoms with van der Waals surface area (Å²) in [6.45, 7) is 5.62. The van der Waals surface area contributed by atoms with Crippen molar-refractivity contribution >= 4 is 16.6 Å². The second-order valence-corrected chi connectivity index (χ2v) is 7.15. The van der Waals surface area contributed by atoms with E-state index in [2.05, 4.69) is 42.3 Å². The molecule has 1 N–H and O–H groups in total. The van der Waals surface area contributed by atoms with Gasteiger partial charge in [0.2, 0.25) is 0 Å². The summed E-state index contributed by atoms with van der Waals surface area (Å²) in [5.74, 6) is 0. The first-order chi connectivity index (χ1) is 12.5. The van der Waals surface area contributed by atoms with Crippen molar-refractivity contribution in [2.45, 2.75) is 25.8 Å². The number of benzene rings is 2. The Morgan fingerprint density at radius 2 is 2.08 bits per heavy atom. The Kier molecular flexibility index (Phi) is 4.04. The minimum Gasteiger partial charge on any atom is -0.379 e. The topological polar surface area (TPSA) is 56.2 Å². The number of hydrogen-bond acceptors (Lipinski definition) is 4. The Morgan fingerprint density at radius 3 is 2.85 bits per heavy atom. The number of aromatic nitrogens is 2. The molecule has 5 heteroatoms. The van der Waals surface area contributed by atoms with Crippen LogP contribution in [0.1, 0.15) is 23.1 Å². The first-order valence-corrected chi connectivity index (χ1v) is 8.88. The van der Waals surface area contributed by atoms with Gasteiger partial charge in [-0.2, -0.15) is 0 Å². The molecule has 26 heavy (non-hydrogen) atoms. The molecule has 1 saturated heterocycles. The average Bonchev–Trinajstić information content (AvgIpc) is 3.10. The molecule has 0 bridgehead atoms. The monoisotopic (exact) mass is 349 g/mol. The molecule has 2 heterocycles. The molecule has 0 amide bonds. The molecular formula is C21H23N3O2. The second kappa shape index (κ2) is 6.25. The third-order valence-corrected chi connectivity index (χ3v) is 5.44. The minimum atomic E-state index is -0.281. The number of nitrogens with one attached hydrogen (secondary N) is 1. The van der Waals surface area contributed by atoms with Crippen molar-refractivity contribution in [3.05, 3.63) is 69.8 Å². The van der Waals surface area contributed by atoms with Crippen LogP contribution in [0, 0.1) is 13.8 Å². The van der Waals surface area contributed by atoms with Gasteiger partial charge < -0.3 is 14.6 Å².